The molecule has 3 aromatic carbocycles. The minimum Gasteiger partial charge on any atom is -0.496 e. The fourth-order valence-corrected chi connectivity index (χ4v) is 2.99. The first kappa shape index (κ1) is 18.6. The van der Waals surface area contributed by atoms with Gasteiger partial charge in [0.15, 0.2) is 5.82 Å². The molecule has 0 aliphatic heterocycles. The number of methoxy groups -OCH3 is 1. The van der Waals surface area contributed by atoms with E-state index in [4.69, 9.17) is 21.7 Å². The maximum atomic E-state index is 5.88. The minimum atomic E-state index is 0.388. The van der Waals surface area contributed by atoms with Crippen LogP contribution >= 0.6 is 12.2 Å². The van der Waals surface area contributed by atoms with Gasteiger partial charge in [0.25, 0.3) is 0 Å². The molecule has 0 fully saturated rings. The largest absolute Gasteiger partial charge is 0.496 e. The molecule has 0 spiro atoms. The number of H-pyrrole nitrogens is 1. The Hall–Kier alpha value is -3.71. The summed E-state index contributed by atoms with van der Waals surface area (Å²) in [7, 11) is 1.62. The van der Waals surface area contributed by atoms with E-state index in [1.54, 1.807) is 18.0 Å². The van der Waals surface area contributed by atoms with Crippen LogP contribution in [0.15, 0.2) is 84.0 Å². The average molecular weight is 402 g/mol. The molecule has 4 rings (SSSR count). The Morgan fingerprint density at radius 1 is 0.966 bits per heavy atom. The number of hydrogen-bond donors (Lipinski definition) is 1. The standard InChI is InChI=1S/C22H18N4O2S/c1-27-20-13-6-5-12-19(20)21-24-25-22(29)26(21)23-15-16-8-7-11-18(14-16)28-17-9-3-2-4-10-17/h2-15H,1H3,(H,25,29)/b23-15+. The Bertz CT molecular complexity index is 1200. The van der Waals surface area contributed by atoms with Crippen molar-refractivity contribution >= 4 is 18.4 Å². The van der Waals surface area contributed by atoms with Crippen molar-refractivity contribution in [3.8, 4) is 28.6 Å². The molecule has 1 aromatic heterocycles. The van der Waals surface area contributed by atoms with Gasteiger partial charge >= 0.3 is 0 Å². The molecule has 1 heterocycles. The number of nitrogens with one attached hydrogen (secondary N) is 1. The van der Waals surface area contributed by atoms with Crippen LogP contribution in [0.5, 0.6) is 17.2 Å². The summed E-state index contributed by atoms with van der Waals surface area (Å²) in [6.45, 7) is 0. The highest BCUT2D eigenvalue weighted by Crippen LogP contribution is 2.28. The molecule has 0 aliphatic rings. The first-order valence-corrected chi connectivity index (χ1v) is 9.33. The third-order valence-corrected chi connectivity index (χ3v) is 4.42. The second-order valence-electron chi connectivity index (χ2n) is 6.10. The molecule has 1 N–H and O–H groups in total. The highest BCUT2D eigenvalue weighted by atomic mass is 32.1. The molecule has 0 bridgehead atoms. The molecule has 0 aliphatic carbocycles. The topological polar surface area (TPSA) is 64.4 Å². The molecule has 0 atom stereocenters. The van der Waals surface area contributed by atoms with Crippen LogP contribution in [0.1, 0.15) is 5.56 Å². The van der Waals surface area contributed by atoms with Crippen molar-refractivity contribution in [3.05, 3.63) is 89.2 Å². The molecular weight excluding hydrogens is 384 g/mol. The Morgan fingerprint density at radius 3 is 2.55 bits per heavy atom. The molecule has 7 heteroatoms. The zero-order chi connectivity index (χ0) is 20.1. The molecule has 29 heavy (non-hydrogen) atoms. The lowest BCUT2D eigenvalue weighted by Gasteiger charge is -2.07. The molecule has 0 amide bonds. The van der Waals surface area contributed by atoms with Gasteiger partial charge in [0.1, 0.15) is 17.2 Å². The summed E-state index contributed by atoms with van der Waals surface area (Å²) in [6.07, 6.45) is 1.71. The molecule has 0 unspecified atom stereocenters. The van der Waals surface area contributed by atoms with E-state index in [0.717, 1.165) is 22.6 Å². The molecule has 6 nitrogen and oxygen atoms in total. The van der Waals surface area contributed by atoms with Crippen LogP contribution in [-0.2, 0) is 0 Å². The Balaban J connectivity index is 1.63. The van der Waals surface area contributed by atoms with Crippen molar-refractivity contribution in [2.75, 3.05) is 7.11 Å². The van der Waals surface area contributed by atoms with Gasteiger partial charge in [-0.25, -0.2) is 5.10 Å². The number of hydrogen-bond acceptors (Lipinski definition) is 5. The number of benzene rings is 3. The first-order valence-electron chi connectivity index (χ1n) is 8.93. The van der Waals surface area contributed by atoms with Gasteiger partial charge in [0.05, 0.1) is 18.9 Å². The number of ether oxygens (including phenoxy) is 2. The number of nitrogens with zero attached hydrogens (tertiary/aromatic N) is 3. The van der Waals surface area contributed by atoms with Crippen molar-refractivity contribution < 1.29 is 9.47 Å². The van der Waals surface area contributed by atoms with Crippen LogP contribution in [-0.4, -0.2) is 28.2 Å². The van der Waals surface area contributed by atoms with E-state index >= 15 is 0 Å². The zero-order valence-electron chi connectivity index (χ0n) is 15.6. The molecule has 0 radical (unpaired) electrons. The lowest BCUT2D eigenvalue weighted by molar-refractivity contribution is 0.416. The van der Waals surface area contributed by atoms with Gasteiger partial charge in [-0.3, -0.25) is 0 Å². The van der Waals surface area contributed by atoms with Gasteiger partial charge in [-0.05, 0) is 54.2 Å². The highest BCUT2D eigenvalue weighted by Gasteiger charge is 2.12. The second-order valence-corrected chi connectivity index (χ2v) is 6.48. The van der Waals surface area contributed by atoms with Gasteiger partial charge in [-0.2, -0.15) is 14.9 Å². The summed E-state index contributed by atoms with van der Waals surface area (Å²) in [5, 5.41) is 11.6. The lowest BCUT2D eigenvalue weighted by Crippen LogP contribution is -1.97. The van der Waals surface area contributed by atoms with E-state index < -0.39 is 0 Å². The van der Waals surface area contributed by atoms with Gasteiger partial charge in [-0.15, -0.1) is 0 Å². The van der Waals surface area contributed by atoms with Crippen molar-refractivity contribution in [1.29, 1.82) is 0 Å². The van der Waals surface area contributed by atoms with E-state index in [1.807, 2.05) is 78.9 Å². The predicted molar refractivity (Wildman–Crippen MR) is 115 cm³/mol. The van der Waals surface area contributed by atoms with E-state index in [1.165, 1.54) is 0 Å². The van der Waals surface area contributed by atoms with Crippen LogP contribution in [0.3, 0.4) is 0 Å². The molecule has 0 saturated heterocycles. The van der Waals surface area contributed by atoms with Crippen molar-refractivity contribution in [3.63, 3.8) is 0 Å². The molecule has 4 aromatic rings. The van der Waals surface area contributed by atoms with Crippen LogP contribution in [0.2, 0.25) is 0 Å². The van der Waals surface area contributed by atoms with Crippen LogP contribution < -0.4 is 9.47 Å². The normalized spacial score (nSPS) is 10.9. The summed E-state index contributed by atoms with van der Waals surface area (Å²) in [4.78, 5) is 0. The highest BCUT2D eigenvalue weighted by molar-refractivity contribution is 7.71. The third kappa shape index (κ3) is 4.25. The summed E-state index contributed by atoms with van der Waals surface area (Å²) in [5.74, 6) is 2.76. The Labute approximate surface area is 173 Å². The SMILES string of the molecule is COc1ccccc1-c1n[nH]c(=S)n1/N=C/c1cccc(Oc2ccccc2)c1. The molecular formula is C22H18N4O2S. The van der Waals surface area contributed by atoms with Crippen molar-refractivity contribution in [2.24, 2.45) is 5.10 Å². The van der Waals surface area contributed by atoms with Gasteiger partial charge < -0.3 is 9.47 Å². The first-order chi connectivity index (χ1) is 14.2. The molecule has 0 saturated carbocycles. The number of aromatic amines is 1. The number of para-hydroxylation sites is 2. The fraction of sp³-hybridized carbons (Fsp3) is 0.0455. The number of aromatic nitrogens is 3. The summed E-state index contributed by atoms with van der Waals surface area (Å²) in [6, 6.07) is 24.9. The molecule has 144 valence electrons. The quantitative estimate of drug-likeness (QED) is 0.351. The summed E-state index contributed by atoms with van der Waals surface area (Å²) in [5.41, 5.74) is 1.66. The Morgan fingerprint density at radius 2 is 1.72 bits per heavy atom. The van der Waals surface area contributed by atoms with Crippen molar-refractivity contribution in [1.82, 2.24) is 14.9 Å². The van der Waals surface area contributed by atoms with Gasteiger partial charge in [0, 0.05) is 0 Å². The summed E-state index contributed by atoms with van der Waals surface area (Å²) >= 11 is 5.35. The smallest absolute Gasteiger partial charge is 0.216 e. The monoisotopic (exact) mass is 402 g/mol. The van der Waals surface area contributed by atoms with E-state index in [0.29, 0.717) is 16.3 Å². The van der Waals surface area contributed by atoms with Gasteiger partial charge in [-0.1, -0.05) is 42.5 Å². The third-order valence-electron chi connectivity index (χ3n) is 4.16. The minimum absolute atomic E-state index is 0.388. The second kappa shape index (κ2) is 8.53. The maximum absolute atomic E-state index is 5.88. The summed E-state index contributed by atoms with van der Waals surface area (Å²) < 4.78 is 13.3. The van der Waals surface area contributed by atoms with Crippen LogP contribution in [0.4, 0.5) is 0 Å². The van der Waals surface area contributed by atoms with E-state index in [2.05, 4.69) is 15.3 Å². The van der Waals surface area contributed by atoms with Crippen LogP contribution in [0, 0.1) is 4.77 Å². The van der Waals surface area contributed by atoms with Crippen LogP contribution in [0.25, 0.3) is 11.4 Å². The lowest BCUT2D eigenvalue weighted by atomic mass is 10.2. The van der Waals surface area contributed by atoms with E-state index in [9.17, 15) is 0 Å². The fourth-order valence-electron chi connectivity index (χ4n) is 2.81. The maximum Gasteiger partial charge on any atom is 0.216 e. The average Bonchev–Trinajstić information content (AvgIpc) is 3.13. The zero-order valence-corrected chi connectivity index (χ0v) is 16.5. The van der Waals surface area contributed by atoms with Crippen molar-refractivity contribution in [2.45, 2.75) is 0 Å². The number of rotatable bonds is 6. The van der Waals surface area contributed by atoms with Gasteiger partial charge in [0.2, 0.25) is 4.77 Å². The van der Waals surface area contributed by atoms with E-state index in [-0.39, 0.29) is 0 Å². The predicted octanol–water partition coefficient (Wildman–Crippen LogP) is 5.29. The Kier molecular flexibility index (Phi) is 5.49.